The van der Waals surface area contributed by atoms with Crippen LogP contribution < -0.4 is 11.2 Å². The van der Waals surface area contributed by atoms with Crippen LogP contribution in [0, 0.1) is 0 Å². The molecule has 0 bridgehead atoms. The van der Waals surface area contributed by atoms with Crippen molar-refractivity contribution in [3.63, 3.8) is 0 Å². The van der Waals surface area contributed by atoms with Gasteiger partial charge in [0.25, 0.3) is 0 Å². The first-order chi connectivity index (χ1) is 10.1. The maximum atomic E-state index is 11.8. The van der Waals surface area contributed by atoms with Gasteiger partial charge < -0.3 is 9.73 Å². The number of halogens is 1. The molecule has 0 aliphatic carbocycles. The van der Waals surface area contributed by atoms with E-state index < -0.39 is 0 Å². The lowest BCUT2D eigenvalue weighted by molar-refractivity contribution is -0.195. The molecule has 6 nitrogen and oxygen atoms in total. The highest BCUT2D eigenvalue weighted by Gasteiger charge is 2.14. The Hall–Kier alpha value is -1.51. The van der Waals surface area contributed by atoms with Gasteiger partial charge in [0.15, 0.2) is 5.78 Å². The summed E-state index contributed by atoms with van der Waals surface area (Å²) in [5.74, 6) is 5.42. The molecule has 0 aliphatic rings. The monoisotopic (exact) mass is 328 g/mol. The van der Waals surface area contributed by atoms with Gasteiger partial charge in [-0.05, 0) is 31.2 Å². The average Bonchev–Trinajstić information content (AvgIpc) is 2.97. The minimum Gasteiger partial charge on any atom is -0.467 e. The van der Waals surface area contributed by atoms with Crippen LogP contribution >= 0.6 is 23.6 Å². The number of anilines is 1. The summed E-state index contributed by atoms with van der Waals surface area (Å²) >= 11 is 6.96. The summed E-state index contributed by atoms with van der Waals surface area (Å²) in [5, 5.41) is 3.52. The fourth-order valence-electron chi connectivity index (χ4n) is 1.71. The van der Waals surface area contributed by atoms with Crippen molar-refractivity contribution in [2.45, 2.75) is 18.4 Å². The van der Waals surface area contributed by atoms with Gasteiger partial charge >= 0.3 is 0 Å². The lowest BCUT2D eigenvalue weighted by atomic mass is 10.1. The number of carbonyl (C=O) groups excluding carboxylic acids is 1. The summed E-state index contributed by atoms with van der Waals surface area (Å²) in [6.07, 6.45) is 1.58. The highest BCUT2D eigenvalue weighted by Crippen LogP contribution is 2.33. The van der Waals surface area contributed by atoms with Crippen LogP contribution in [0.15, 0.2) is 39.8 Å². The standard InChI is InChI=1S/C13H13ClN2O4S/c1-8(17)10-5-13(21-20-19-15)11(14)6-12(10)16-7-9-3-2-4-18-9/h2-6,16H,7,15H2,1H3. The molecule has 1 aromatic heterocycles. The van der Waals surface area contributed by atoms with Crippen molar-refractivity contribution >= 4 is 35.1 Å². The number of Topliss-reactive ketones (excluding diaryl/α,β-unsaturated/α-hetero) is 1. The number of hydrogen-bond acceptors (Lipinski definition) is 7. The Morgan fingerprint density at radius 1 is 1.52 bits per heavy atom. The summed E-state index contributed by atoms with van der Waals surface area (Å²) in [6, 6.07) is 6.88. The molecule has 1 aromatic carbocycles. The molecular formula is C13H13ClN2O4S. The third kappa shape index (κ3) is 4.23. The lowest BCUT2D eigenvalue weighted by Crippen LogP contribution is -2.05. The molecule has 0 amide bonds. The van der Waals surface area contributed by atoms with Gasteiger partial charge in [0.2, 0.25) is 0 Å². The second-order valence-corrected chi connectivity index (χ2v) is 5.21. The van der Waals surface area contributed by atoms with Gasteiger partial charge in [-0.2, -0.15) is 5.90 Å². The van der Waals surface area contributed by atoms with Gasteiger partial charge in [0.05, 0.1) is 34.8 Å². The van der Waals surface area contributed by atoms with Gasteiger partial charge in [-0.25, -0.2) is 0 Å². The number of carbonyl (C=O) groups is 1. The van der Waals surface area contributed by atoms with Crippen LogP contribution in [0.1, 0.15) is 23.0 Å². The molecule has 0 radical (unpaired) electrons. The van der Waals surface area contributed by atoms with Gasteiger partial charge in [0, 0.05) is 11.3 Å². The van der Waals surface area contributed by atoms with Crippen LogP contribution in [-0.2, 0) is 15.9 Å². The first kappa shape index (κ1) is 15.9. The zero-order chi connectivity index (χ0) is 15.2. The van der Waals surface area contributed by atoms with Crippen molar-refractivity contribution in [3.05, 3.63) is 46.9 Å². The van der Waals surface area contributed by atoms with Crippen molar-refractivity contribution < 1.29 is 18.5 Å². The number of nitrogens with two attached hydrogens (primary N) is 1. The topological polar surface area (TPSA) is 86.7 Å². The van der Waals surface area contributed by atoms with Crippen LogP contribution in [0.25, 0.3) is 0 Å². The molecule has 21 heavy (non-hydrogen) atoms. The summed E-state index contributed by atoms with van der Waals surface area (Å²) < 4.78 is 9.78. The highest BCUT2D eigenvalue weighted by molar-refractivity contribution is 7.94. The molecule has 2 rings (SSSR count). The predicted octanol–water partition coefficient (Wildman–Crippen LogP) is 3.58. The first-order valence-corrected chi connectivity index (χ1v) is 7.04. The third-order valence-corrected chi connectivity index (χ3v) is 3.74. The van der Waals surface area contributed by atoms with E-state index in [1.807, 2.05) is 6.07 Å². The maximum absolute atomic E-state index is 11.8. The fraction of sp³-hybridized carbons (Fsp3) is 0.154. The molecule has 0 saturated heterocycles. The predicted molar refractivity (Wildman–Crippen MR) is 79.7 cm³/mol. The smallest absolute Gasteiger partial charge is 0.161 e. The summed E-state index contributed by atoms with van der Waals surface area (Å²) in [4.78, 5) is 16.3. The van der Waals surface area contributed by atoms with Crippen molar-refractivity contribution in [2.24, 2.45) is 5.90 Å². The number of furan rings is 1. The summed E-state index contributed by atoms with van der Waals surface area (Å²) in [5.41, 5.74) is 1.09. The molecule has 2 aromatic rings. The zero-order valence-electron chi connectivity index (χ0n) is 11.1. The van der Waals surface area contributed by atoms with Crippen molar-refractivity contribution in [1.29, 1.82) is 0 Å². The van der Waals surface area contributed by atoms with E-state index in [-0.39, 0.29) is 5.78 Å². The molecule has 112 valence electrons. The van der Waals surface area contributed by atoms with E-state index in [2.05, 4.69) is 14.6 Å². The van der Waals surface area contributed by atoms with E-state index in [1.54, 1.807) is 24.5 Å². The van der Waals surface area contributed by atoms with Crippen LogP contribution in [0.4, 0.5) is 5.69 Å². The molecule has 0 atom stereocenters. The number of hydrogen-bond donors (Lipinski definition) is 2. The molecule has 0 saturated carbocycles. The van der Waals surface area contributed by atoms with Gasteiger partial charge in [0.1, 0.15) is 5.76 Å². The molecule has 0 fully saturated rings. The van der Waals surface area contributed by atoms with Crippen LogP contribution in [0.3, 0.4) is 0 Å². The van der Waals surface area contributed by atoms with Gasteiger partial charge in [-0.15, -0.1) is 9.32 Å². The van der Waals surface area contributed by atoms with E-state index in [1.165, 1.54) is 6.92 Å². The molecule has 3 N–H and O–H groups in total. The number of ketones is 1. The van der Waals surface area contributed by atoms with E-state index in [9.17, 15) is 4.79 Å². The largest absolute Gasteiger partial charge is 0.467 e. The van der Waals surface area contributed by atoms with Crippen molar-refractivity contribution in [2.75, 3.05) is 5.32 Å². The minimum atomic E-state index is -0.107. The normalized spacial score (nSPS) is 10.6. The van der Waals surface area contributed by atoms with Crippen LogP contribution in [0.5, 0.6) is 0 Å². The Bertz CT molecular complexity index is 619. The number of benzene rings is 1. The maximum Gasteiger partial charge on any atom is 0.161 e. The summed E-state index contributed by atoms with van der Waals surface area (Å²) in [6.45, 7) is 1.91. The average molecular weight is 329 g/mol. The fourth-order valence-corrected chi connectivity index (χ4v) is 2.38. The molecule has 0 aliphatic heterocycles. The molecular weight excluding hydrogens is 316 g/mol. The molecule has 8 heteroatoms. The van der Waals surface area contributed by atoms with E-state index >= 15 is 0 Å². The minimum absolute atomic E-state index is 0.107. The Balaban J connectivity index is 2.22. The zero-order valence-corrected chi connectivity index (χ0v) is 12.7. The van der Waals surface area contributed by atoms with Gasteiger partial charge in [-0.1, -0.05) is 11.6 Å². The van der Waals surface area contributed by atoms with Crippen LogP contribution in [0.2, 0.25) is 5.02 Å². The first-order valence-electron chi connectivity index (χ1n) is 5.92. The summed E-state index contributed by atoms with van der Waals surface area (Å²) in [7, 11) is 0. The van der Waals surface area contributed by atoms with E-state index in [0.29, 0.717) is 27.7 Å². The van der Waals surface area contributed by atoms with Gasteiger partial charge in [-0.3, -0.25) is 4.79 Å². The second kappa shape index (κ2) is 7.48. The highest BCUT2D eigenvalue weighted by atomic mass is 35.5. The Labute approximate surface area is 130 Å². The van der Waals surface area contributed by atoms with Crippen molar-refractivity contribution in [1.82, 2.24) is 0 Å². The Morgan fingerprint density at radius 2 is 2.33 bits per heavy atom. The molecule has 1 heterocycles. The van der Waals surface area contributed by atoms with Crippen LogP contribution in [-0.4, -0.2) is 5.78 Å². The van der Waals surface area contributed by atoms with E-state index in [0.717, 1.165) is 17.8 Å². The van der Waals surface area contributed by atoms with Crippen molar-refractivity contribution in [3.8, 4) is 0 Å². The Morgan fingerprint density at radius 3 is 2.95 bits per heavy atom. The SMILES string of the molecule is CC(=O)c1cc(SOON)c(Cl)cc1NCc1ccco1. The molecule has 0 spiro atoms. The number of nitrogens with one attached hydrogen (secondary N) is 1. The molecule has 0 unspecified atom stereocenters. The third-order valence-electron chi connectivity index (χ3n) is 2.65. The quantitative estimate of drug-likeness (QED) is 0.347. The lowest BCUT2D eigenvalue weighted by Gasteiger charge is -2.12. The second-order valence-electron chi connectivity index (χ2n) is 4.06. The number of rotatable bonds is 7. The Kier molecular flexibility index (Phi) is 5.66. The van der Waals surface area contributed by atoms with E-state index in [4.69, 9.17) is 21.9 Å².